The van der Waals surface area contributed by atoms with E-state index < -0.39 is 8.07 Å². The lowest BCUT2D eigenvalue weighted by Crippen LogP contribution is -2.75. The molecule has 0 saturated heterocycles. The molecule has 0 amide bonds. The molecule has 13 rings (SSSR count). The highest BCUT2D eigenvalue weighted by molar-refractivity contribution is 7.25. The fourth-order valence-electron chi connectivity index (χ4n) is 10.8. The molecule has 272 valence electrons. The molecule has 0 spiro atoms. The van der Waals surface area contributed by atoms with Crippen molar-refractivity contribution in [1.29, 1.82) is 0 Å². The third-order valence-electron chi connectivity index (χ3n) is 13.0. The van der Waals surface area contributed by atoms with Gasteiger partial charge in [0.05, 0.1) is 0 Å². The van der Waals surface area contributed by atoms with Crippen LogP contribution in [0.4, 0.5) is 0 Å². The molecule has 1 aromatic heterocycles. The van der Waals surface area contributed by atoms with Gasteiger partial charge < -0.3 is 0 Å². The first-order valence-electron chi connectivity index (χ1n) is 20.3. The van der Waals surface area contributed by atoms with Gasteiger partial charge in [-0.25, -0.2) is 0 Å². The van der Waals surface area contributed by atoms with E-state index in [-0.39, 0.29) is 11.8 Å². The minimum atomic E-state index is -2.86. The first kappa shape index (κ1) is 33.5. The second-order valence-corrected chi connectivity index (χ2v) is 20.7. The van der Waals surface area contributed by atoms with Gasteiger partial charge in [0.2, 0.25) is 0 Å². The second kappa shape index (κ2) is 13.2. The van der Waals surface area contributed by atoms with E-state index in [9.17, 15) is 0 Å². The number of hydrogen-bond donors (Lipinski definition) is 0. The Hall–Kier alpha value is -6.58. The van der Waals surface area contributed by atoms with Gasteiger partial charge >= 0.3 is 0 Å². The summed E-state index contributed by atoms with van der Waals surface area (Å²) in [6.45, 7) is 0. The Morgan fingerprint density at radius 2 is 0.828 bits per heavy atom. The normalized spacial score (nSPS) is 15.2. The molecular formula is C56H38SSi. The van der Waals surface area contributed by atoms with E-state index in [4.69, 9.17) is 0 Å². The van der Waals surface area contributed by atoms with Crippen molar-refractivity contribution in [1.82, 2.24) is 0 Å². The Kier molecular flexibility index (Phi) is 7.66. The van der Waals surface area contributed by atoms with Gasteiger partial charge in [-0.3, -0.25) is 0 Å². The molecule has 58 heavy (non-hydrogen) atoms. The van der Waals surface area contributed by atoms with Gasteiger partial charge in [0.25, 0.3) is 0 Å². The number of fused-ring (bicyclic) bond motifs is 3. The summed E-state index contributed by atoms with van der Waals surface area (Å²) < 4.78 is 2.67. The Morgan fingerprint density at radius 3 is 1.52 bits per heavy atom. The minimum absolute atomic E-state index is 0.0692. The molecule has 0 aliphatic heterocycles. The minimum Gasteiger partial charge on any atom is -0.135 e. The molecule has 2 bridgehead atoms. The highest BCUT2D eigenvalue weighted by Crippen LogP contribution is 2.58. The SMILES string of the molecule is c1ccc([Si](c2ccccc2)(c2ccccc2)c2cccc3c2C2c4ccccc4C3c3cccc(-c4ccccc4-c4ccc5c(c4)sc4ccccc45)c32)cc1. The lowest BCUT2D eigenvalue weighted by atomic mass is 9.60. The third kappa shape index (κ3) is 4.80. The first-order chi connectivity index (χ1) is 28.8. The summed E-state index contributed by atoms with van der Waals surface area (Å²) in [7, 11) is -2.86. The molecule has 0 saturated carbocycles. The van der Waals surface area contributed by atoms with Crippen molar-refractivity contribution < 1.29 is 0 Å². The van der Waals surface area contributed by atoms with Crippen LogP contribution in [0.15, 0.2) is 218 Å². The van der Waals surface area contributed by atoms with Crippen LogP contribution in [0.3, 0.4) is 0 Å². The van der Waals surface area contributed by atoms with Crippen LogP contribution in [0, 0.1) is 0 Å². The maximum atomic E-state index is 2.50. The molecule has 3 aliphatic carbocycles. The molecule has 0 N–H and O–H groups in total. The quantitative estimate of drug-likeness (QED) is 0.117. The fourth-order valence-corrected chi connectivity index (χ4v) is 17.0. The highest BCUT2D eigenvalue weighted by Gasteiger charge is 2.49. The molecule has 9 aromatic carbocycles. The van der Waals surface area contributed by atoms with Crippen LogP contribution in [0.25, 0.3) is 42.4 Å². The van der Waals surface area contributed by atoms with Crippen LogP contribution in [0.1, 0.15) is 45.2 Å². The van der Waals surface area contributed by atoms with Gasteiger partial charge in [0.1, 0.15) is 0 Å². The Balaban J connectivity index is 1.14. The average molecular weight is 771 g/mol. The van der Waals surface area contributed by atoms with Crippen molar-refractivity contribution in [2.75, 3.05) is 0 Å². The van der Waals surface area contributed by atoms with Crippen molar-refractivity contribution in [2.24, 2.45) is 0 Å². The topological polar surface area (TPSA) is 0 Å². The first-order valence-corrected chi connectivity index (χ1v) is 23.1. The van der Waals surface area contributed by atoms with Gasteiger partial charge in [-0.15, -0.1) is 11.3 Å². The Labute approximate surface area is 344 Å². The van der Waals surface area contributed by atoms with E-state index in [0.29, 0.717) is 0 Å². The van der Waals surface area contributed by atoms with E-state index >= 15 is 0 Å². The molecule has 10 aromatic rings. The molecule has 0 nitrogen and oxygen atoms in total. The van der Waals surface area contributed by atoms with E-state index in [1.54, 1.807) is 0 Å². The van der Waals surface area contributed by atoms with Crippen LogP contribution in [0.2, 0.25) is 0 Å². The summed E-state index contributed by atoms with van der Waals surface area (Å²) in [5.41, 5.74) is 13.9. The molecule has 0 radical (unpaired) electrons. The number of benzene rings is 9. The number of rotatable bonds is 6. The summed E-state index contributed by atoms with van der Waals surface area (Å²) in [6, 6.07) is 83.0. The van der Waals surface area contributed by atoms with Gasteiger partial charge in [-0.1, -0.05) is 206 Å². The third-order valence-corrected chi connectivity index (χ3v) is 19.0. The van der Waals surface area contributed by atoms with E-state index in [1.807, 2.05) is 11.3 Å². The van der Waals surface area contributed by atoms with Crippen molar-refractivity contribution in [2.45, 2.75) is 11.8 Å². The summed E-state index contributed by atoms with van der Waals surface area (Å²) in [5, 5.41) is 8.38. The fraction of sp³-hybridized carbons (Fsp3) is 0.0357. The van der Waals surface area contributed by atoms with E-state index in [1.165, 1.54) is 96.6 Å². The maximum Gasteiger partial charge on any atom is 0.179 e. The van der Waals surface area contributed by atoms with Crippen LogP contribution in [-0.4, -0.2) is 8.07 Å². The summed E-state index contributed by atoms with van der Waals surface area (Å²) in [4.78, 5) is 0. The van der Waals surface area contributed by atoms with E-state index in [2.05, 4.69) is 218 Å². The van der Waals surface area contributed by atoms with E-state index in [0.717, 1.165) is 0 Å². The summed E-state index contributed by atoms with van der Waals surface area (Å²) >= 11 is 1.89. The number of thiophene rings is 1. The van der Waals surface area contributed by atoms with Gasteiger partial charge in [-0.2, -0.15) is 0 Å². The van der Waals surface area contributed by atoms with Crippen molar-refractivity contribution >= 4 is 60.3 Å². The predicted octanol–water partition coefficient (Wildman–Crippen LogP) is 11.8. The van der Waals surface area contributed by atoms with Crippen LogP contribution < -0.4 is 20.7 Å². The van der Waals surface area contributed by atoms with Crippen molar-refractivity contribution in [3.8, 4) is 22.3 Å². The Bertz CT molecular complexity index is 3080. The zero-order chi connectivity index (χ0) is 38.2. The molecule has 1 heterocycles. The molecule has 2 atom stereocenters. The predicted molar refractivity (Wildman–Crippen MR) is 249 cm³/mol. The largest absolute Gasteiger partial charge is 0.179 e. The molecular weight excluding hydrogens is 733 g/mol. The summed E-state index contributed by atoms with van der Waals surface area (Å²) in [6.07, 6.45) is 0. The van der Waals surface area contributed by atoms with Crippen LogP contribution in [0.5, 0.6) is 0 Å². The molecule has 2 heteroatoms. The molecule has 2 unspecified atom stereocenters. The van der Waals surface area contributed by atoms with Gasteiger partial charge in [0.15, 0.2) is 8.07 Å². The smallest absolute Gasteiger partial charge is 0.135 e. The lowest BCUT2D eigenvalue weighted by Gasteiger charge is -2.47. The van der Waals surface area contributed by atoms with Crippen molar-refractivity contribution in [3.05, 3.63) is 252 Å². The standard InChI is InChI=1S/C56H38SSi/c1-4-18-38(19-5-1)58(39-20-6-2-7-21-39,40-22-8-3-9-23-40)52-33-17-31-49-53-46-27-12-13-28-47(46)56(55(49)52)54-45(29-16-30-48(53)54)42-25-11-10-24-41(42)37-34-35-44-43-26-14-15-32-50(43)57-51(44)36-37/h1-36,53,56H. The zero-order valence-electron chi connectivity index (χ0n) is 31.8. The monoisotopic (exact) mass is 770 g/mol. The average Bonchev–Trinajstić information content (AvgIpc) is 3.68. The second-order valence-electron chi connectivity index (χ2n) is 15.8. The van der Waals surface area contributed by atoms with Gasteiger partial charge in [-0.05, 0) is 88.5 Å². The maximum absolute atomic E-state index is 2.86. The highest BCUT2D eigenvalue weighted by atomic mass is 32.1. The molecule has 0 fully saturated rings. The number of hydrogen-bond acceptors (Lipinski definition) is 1. The summed E-state index contributed by atoms with van der Waals surface area (Å²) in [5.74, 6) is 0.210. The van der Waals surface area contributed by atoms with Gasteiger partial charge in [0, 0.05) is 32.0 Å². The zero-order valence-corrected chi connectivity index (χ0v) is 33.7. The van der Waals surface area contributed by atoms with Crippen LogP contribution >= 0.6 is 11.3 Å². The van der Waals surface area contributed by atoms with Crippen LogP contribution in [-0.2, 0) is 0 Å². The lowest BCUT2D eigenvalue weighted by molar-refractivity contribution is 0.760. The Morgan fingerprint density at radius 1 is 0.328 bits per heavy atom. The molecule has 3 aliphatic rings. The van der Waals surface area contributed by atoms with Crippen molar-refractivity contribution in [3.63, 3.8) is 0 Å².